The molecule has 1 saturated heterocycles. The Morgan fingerprint density at radius 2 is 1.79 bits per heavy atom. The second kappa shape index (κ2) is 11.1. The molecule has 0 radical (unpaired) electrons. The molecule has 0 saturated carbocycles. The van der Waals surface area contributed by atoms with E-state index in [-0.39, 0.29) is 19.8 Å². The summed E-state index contributed by atoms with van der Waals surface area (Å²) < 4.78 is 10.8. The van der Waals surface area contributed by atoms with Gasteiger partial charge in [-0.1, -0.05) is 56.2 Å². The van der Waals surface area contributed by atoms with Crippen molar-refractivity contribution in [1.82, 2.24) is 15.1 Å². The van der Waals surface area contributed by atoms with E-state index in [0.29, 0.717) is 29.9 Å². The number of ether oxygens (including phenoxy) is 2. The Hall–Kier alpha value is -4.08. The van der Waals surface area contributed by atoms with Crippen molar-refractivity contribution >= 4 is 23.8 Å². The number of urea groups is 1. The number of fused-ring (bicyclic) bond motifs is 1. The quantitative estimate of drug-likeness (QED) is 0.429. The average Bonchev–Trinajstić information content (AvgIpc) is 3.42. The lowest BCUT2D eigenvalue weighted by molar-refractivity contribution is -0.138. The Kier molecular flexibility index (Phi) is 7.89. The molecule has 2 atom stereocenters. The third-order valence-corrected chi connectivity index (χ3v) is 6.93. The van der Waals surface area contributed by atoms with Gasteiger partial charge in [0.15, 0.2) is 11.5 Å². The fourth-order valence-corrected chi connectivity index (χ4v) is 4.92. The smallest absolute Gasteiger partial charge is 0.328 e. The van der Waals surface area contributed by atoms with Gasteiger partial charge >= 0.3 is 12.0 Å². The SMILES string of the molecule is CCCCC(C(=O)N[C@@H](CC(=O)O)c1ccc2c(c1)OCO2)N1C(=O)N(Cc2ccccc2)C(=O)C1(C)C. The lowest BCUT2D eigenvalue weighted by Crippen LogP contribution is -2.56. The average molecular weight is 524 g/mol. The number of amides is 4. The van der Waals surface area contributed by atoms with Crippen molar-refractivity contribution in [2.24, 2.45) is 0 Å². The number of carbonyl (C=O) groups is 4. The van der Waals surface area contributed by atoms with E-state index < -0.39 is 41.4 Å². The predicted molar refractivity (Wildman–Crippen MR) is 137 cm³/mol. The van der Waals surface area contributed by atoms with E-state index in [2.05, 4.69) is 5.32 Å². The minimum atomic E-state index is -1.26. The number of carbonyl (C=O) groups excluding carboxylic acids is 3. The summed E-state index contributed by atoms with van der Waals surface area (Å²) in [5.74, 6) is -0.999. The number of aliphatic carboxylic acids is 1. The monoisotopic (exact) mass is 523 g/mol. The maximum atomic E-state index is 13.8. The summed E-state index contributed by atoms with van der Waals surface area (Å²) in [5.41, 5.74) is 0.0709. The largest absolute Gasteiger partial charge is 0.481 e. The number of nitrogens with zero attached hydrogens (tertiary/aromatic N) is 2. The van der Waals surface area contributed by atoms with Crippen LogP contribution in [0.1, 0.15) is 63.6 Å². The molecule has 2 aliphatic heterocycles. The second-order valence-electron chi connectivity index (χ2n) is 10.0. The van der Waals surface area contributed by atoms with Crippen LogP contribution in [0.15, 0.2) is 48.5 Å². The van der Waals surface area contributed by atoms with E-state index in [1.54, 1.807) is 32.0 Å². The van der Waals surface area contributed by atoms with Crippen LogP contribution in [0.25, 0.3) is 0 Å². The first kappa shape index (κ1) is 27.0. The molecule has 1 fully saturated rings. The molecule has 0 aromatic heterocycles. The van der Waals surface area contributed by atoms with Crippen LogP contribution in [0.5, 0.6) is 11.5 Å². The summed E-state index contributed by atoms with van der Waals surface area (Å²) in [6.07, 6.45) is 1.36. The van der Waals surface area contributed by atoms with Crippen molar-refractivity contribution < 1.29 is 33.8 Å². The Balaban J connectivity index is 1.61. The number of benzene rings is 2. The Morgan fingerprint density at radius 3 is 2.47 bits per heavy atom. The molecule has 0 bridgehead atoms. The fraction of sp³-hybridized carbons (Fsp3) is 0.429. The molecule has 2 aromatic carbocycles. The number of unbranched alkanes of at least 4 members (excludes halogenated alkanes) is 1. The zero-order valence-electron chi connectivity index (χ0n) is 21.8. The van der Waals surface area contributed by atoms with E-state index in [1.807, 2.05) is 37.3 Å². The van der Waals surface area contributed by atoms with Crippen molar-refractivity contribution in [3.63, 3.8) is 0 Å². The predicted octanol–water partition coefficient (Wildman–Crippen LogP) is 3.85. The van der Waals surface area contributed by atoms with Crippen LogP contribution in [-0.2, 0) is 20.9 Å². The van der Waals surface area contributed by atoms with Gasteiger partial charge in [0.05, 0.1) is 19.0 Å². The van der Waals surface area contributed by atoms with Gasteiger partial charge in [0.1, 0.15) is 11.6 Å². The van der Waals surface area contributed by atoms with Gasteiger partial charge in [-0.25, -0.2) is 4.79 Å². The number of carboxylic acids is 1. The molecule has 202 valence electrons. The highest BCUT2D eigenvalue weighted by molar-refractivity contribution is 6.08. The maximum Gasteiger partial charge on any atom is 0.328 e. The van der Waals surface area contributed by atoms with Crippen LogP contribution in [0, 0.1) is 0 Å². The number of hydrogen-bond acceptors (Lipinski definition) is 6. The molecule has 0 aliphatic carbocycles. The normalized spacial score (nSPS) is 17.4. The van der Waals surface area contributed by atoms with Gasteiger partial charge < -0.3 is 19.9 Å². The topological polar surface area (TPSA) is 125 Å². The van der Waals surface area contributed by atoms with E-state index >= 15 is 0 Å². The second-order valence-corrected chi connectivity index (χ2v) is 10.0. The Bertz CT molecular complexity index is 1210. The molecular formula is C28H33N3O7. The van der Waals surface area contributed by atoms with Gasteiger partial charge in [-0.05, 0) is 43.5 Å². The number of carboxylic acid groups (broad SMARTS) is 1. The highest BCUT2D eigenvalue weighted by Gasteiger charge is 2.55. The number of imide groups is 1. The number of nitrogens with one attached hydrogen (secondary N) is 1. The number of hydrogen-bond donors (Lipinski definition) is 2. The zero-order chi connectivity index (χ0) is 27.4. The molecule has 1 unspecified atom stereocenters. The van der Waals surface area contributed by atoms with Gasteiger partial charge in [0.25, 0.3) is 5.91 Å². The van der Waals surface area contributed by atoms with Gasteiger partial charge in [-0.2, -0.15) is 0 Å². The van der Waals surface area contributed by atoms with Crippen molar-refractivity contribution in [3.05, 3.63) is 59.7 Å². The summed E-state index contributed by atoms with van der Waals surface area (Å²) in [4.78, 5) is 55.0. The van der Waals surface area contributed by atoms with Crippen LogP contribution in [-0.4, -0.2) is 57.1 Å². The van der Waals surface area contributed by atoms with Crippen molar-refractivity contribution in [3.8, 4) is 11.5 Å². The van der Waals surface area contributed by atoms with Crippen LogP contribution < -0.4 is 14.8 Å². The molecule has 0 spiro atoms. The van der Waals surface area contributed by atoms with E-state index in [9.17, 15) is 24.3 Å². The maximum absolute atomic E-state index is 13.8. The highest BCUT2D eigenvalue weighted by atomic mass is 16.7. The van der Waals surface area contributed by atoms with Crippen molar-refractivity contribution in [2.45, 2.75) is 70.6 Å². The van der Waals surface area contributed by atoms with Gasteiger partial charge in [0.2, 0.25) is 12.7 Å². The zero-order valence-corrected chi connectivity index (χ0v) is 21.8. The molecule has 2 N–H and O–H groups in total. The molecule has 4 amide bonds. The first-order chi connectivity index (χ1) is 18.1. The first-order valence-corrected chi connectivity index (χ1v) is 12.7. The van der Waals surface area contributed by atoms with Crippen LogP contribution in [0.3, 0.4) is 0 Å². The third-order valence-electron chi connectivity index (χ3n) is 6.93. The molecule has 4 rings (SSSR count). The van der Waals surface area contributed by atoms with E-state index in [4.69, 9.17) is 9.47 Å². The molecule has 10 heteroatoms. The van der Waals surface area contributed by atoms with Gasteiger partial charge in [-0.15, -0.1) is 0 Å². The third kappa shape index (κ3) is 5.44. The summed E-state index contributed by atoms with van der Waals surface area (Å²) >= 11 is 0. The van der Waals surface area contributed by atoms with Crippen LogP contribution in [0.2, 0.25) is 0 Å². The van der Waals surface area contributed by atoms with E-state index in [1.165, 1.54) is 9.80 Å². The molecule has 38 heavy (non-hydrogen) atoms. The van der Waals surface area contributed by atoms with Crippen molar-refractivity contribution in [1.29, 1.82) is 0 Å². The number of rotatable bonds is 11. The summed E-state index contributed by atoms with van der Waals surface area (Å²) in [6.45, 7) is 5.40. The fourth-order valence-electron chi connectivity index (χ4n) is 4.92. The van der Waals surface area contributed by atoms with Gasteiger partial charge in [-0.3, -0.25) is 24.2 Å². The first-order valence-electron chi connectivity index (χ1n) is 12.7. The summed E-state index contributed by atoms with van der Waals surface area (Å²) in [7, 11) is 0. The summed E-state index contributed by atoms with van der Waals surface area (Å²) in [6, 6.07) is 11.8. The van der Waals surface area contributed by atoms with Crippen LogP contribution in [0.4, 0.5) is 4.79 Å². The Morgan fingerprint density at radius 1 is 1.08 bits per heavy atom. The van der Waals surface area contributed by atoms with Crippen LogP contribution >= 0.6 is 0 Å². The standard InChI is InChI=1S/C28H33N3O7/c1-4-5-11-21(31-27(36)30(26(35)28(31,2)3)16-18-9-7-6-8-10-18)25(34)29-20(15-24(32)33)19-12-13-22-23(14-19)38-17-37-22/h6-10,12-14,20-21H,4-5,11,15-17H2,1-3H3,(H,29,34)(H,32,33)/t20-,21?/m0/s1. The lowest BCUT2D eigenvalue weighted by atomic mass is 9.97. The molecule has 10 nitrogen and oxygen atoms in total. The van der Waals surface area contributed by atoms with E-state index in [0.717, 1.165) is 12.0 Å². The highest BCUT2D eigenvalue weighted by Crippen LogP contribution is 2.36. The van der Waals surface area contributed by atoms with Crippen molar-refractivity contribution in [2.75, 3.05) is 6.79 Å². The minimum Gasteiger partial charge on any atom is -0.481 e. The minimum absolute atomic E-state index is 0.0630. The Labute approximate surface area is 221 Å². The molecule has 2 heterocycles. The molecular weight excluding hydrogens is 490 g/mol. The molecule has 2 aromatic rings. The lowest BCUT2D eigenvalue weighted by Gasteiger charge is -2.35. The summed E-state index contributed by atoms with van der Waals surface area (Å²) in [5, 5.41) is 12.4. The van der Waals surface area contributed by atoms with Gasteiger partial charge in [0, 0.05) is 0 Å². The molecule has 2 aliphatic rings.